The lowest BCUT2D eigenvalue weighted by Gasteiger charge is -2.38. The molecule has 0 unspecified atom stereocenters. The molecule has 0 saturated heterocycles. The van der Waals surface area contributed by atoms with E-state index < -0.39 is 12.0 Å². The van der Waals surface area contributed by atoms with E-state index >= 15 is 0 Å². The van der Waals surface area contributed by atoms with Gasteiger partial charge in [0, 0.05) is 12.6 Å². The van der Waals surface area contributed by atoms with E-state index in [0.717, 1.165) is 36.9 Å². The van der Waals surface area contributed by atoms with E-state index in [-0.39, 0.29) is 30.9 Å². The Hall–Kier alpha value is -3.09. The molecule has 2 aromatic rings. The van der Waals surface area contributed by atoms with Crippen molar-refractivity contribution < 1.29 is 18.7 Å². The first kappa shape index (κ1) is 21.2. The molecule has 31 heavy (non-hydrogen) atoms. The number of fused-ring (bicyclic) bond motifs is 1. The van der Waals surface area contributed by atoms with Gasteiger partial charge in [-0.15, -0.1) is 0 Å². The van der Waals surface area contributed by atoms with Gasteiger partial charge in [0.1, 0.15) is 11.6 Å². The molecule has 1 heterocycles. The molecule has 6 nitrogen and oxygen atoms in total. The summed E-state index contributed by atoms with van der Waals surface area (Å²) in [6.45, 7) is 0.796. The van der Waals surface area contributed by atoms with Crippen molar-refractivity contribution in [2.75, 3.05) is 18.0 Å². The molecular formula is C24H28FN3O3. The summed E-state index contributed by atoms with van der Waals surface area (Å²) in [4.78, 5) is 29.1. The van der Waals surface area contributed by atoms with Gasteiger partial charge < -0.3 is 20.3 Å². The lowest BCUT2D eigenvalue weighted by molar-refractivity contribution is -0.134. The molecular weight excluding hydrogens is 397 g/mol. The number of benzene rings is 2. The third-order valence-corrected chi connectivity index (χ3v) is 6.11. The predicted octanol–water partition coefficient (Wildman–Crippen LogP) is 3.24. The zero-order valence-electron chi connectivity index (χ0n) is 17.5. The Morgan fingerprint density at radius 1 is 1.06 bits per heavy atom. The van der Waals surface area contributed by atoms with Crippen LogP contribution in [0.15, 0.2) is 48.5 Å². The normalized spacial score (nSPS) is 18.7. The molecule has 7 heteroatoms. The standard InChI is InChI=1S/C24H28FN3O3/c25-18-12-10-17(11-13-18)14-28(19-6-2-1-3-7-19)23(29)16-27-15-22(24(26)30)31-21-9-5-4-8-20(21)27/h4-5,8-13,19,22H,1-3,6-7,14-16H2,(H2,26,30)/t22-/m0/s1. The average molecular weight is 426 g/mol. The van der Waals surface area contributed by atoms with Crippen LogP contribution in [0.1, 0.15) is 37.7 Å². The van der Waals surface area contributed by atoms with Gasteiger partial charge in [0.25, 0.3) is 5.91 Å². The van der Waals surface area contributed by atoms with E-state index in [9.17, 15) is 14.0 Å². The lowest BCUT2D eigenvalue weighted by atomic mass is 9.93. The highest BCUT2D eigenvalue weighted by atomic mass is 19.1. The van der Waals surface area contributed by atoms with Crippen molar-refractivity contribution in [2.45, 2.75) is 50.8 Å². The Morgan fingerprint density at radius 3 is 2.48 bits per heavy atom. The molecule has 1 aliphatic carbocycles. The van der Waals surface area contributed by atoms with Gasteiger partial charge >= 0.3 is 0 Å². The van der Waals surface area contributed by atoms with Crippen molar-refractivity contribution in [1.29, 1.82) is 0 Å². The lowest BCUT2D eigenvalue weighted by Crippen LogP contribution is -2.52. The molecule has 2 N–H and O–H groups in total. The molecule has 1 aliphatic heterocycles. The number of carbonyl (C=O) groups excluding carboxylic acids is 2. The van der Waals surface area contributed by atoms with Crippen molar-refractivity contribution in [3.8, 4) is 5.75 Å². The van der Waals surface area contributed by atoms with Gasteiger partial charge in [0.05, 0.1) is 18.8 Å². The number of carbonyl (C=O) groups is 2. The van der Waals surface area contributed by atoms with Crippen LogP contribution in [0.3, 0.4) is 0 Å². The second-order valence-electron chi connectivity index (χ2n) is 8.30. The number of halogens is 1. The fourth-order valence-corrected chi connectivity index (χ4v) is 4.46. The van der Waals surface area contributed by atoms with E-state index in [1.807, 2.05) is 28.0 Å². The first-order valence-corrected chi connectivity index (χ1v) is 10.8. The molecule has 2 aromatic carbocycles. The third-order valence-electron chi connectivity index (χ3n) is 6.11. The average Bonchev–Trinajstić information content (AvgIpc) is 2.79. The van der Waals surface area contributed by atoms with Gasteiger partial charge in [-0.3, -0.25) is 9.59 Å². The van der Waals surface area contributed by atoms with Crippen LogP contribution >= 0.6 is 0 Å². The molecule has 1 fully saturated rings. The summed E-state index contributed by atoms with van der Waals surface area (Å²) < 4.78 is 19.1. The molecule has 0 bridgehead atoms. The number of ether oxygens (including phenoxy) is 1. The third kappa shape index (κ3) is 4.98. The van der Waals surface area contributed by atoms with Gasteiger partial charge in [-0.1, -0.05) is 43.5 Å². The highest BCUT2D eigenvalue weighted by Crippen LogP contribution is 2.33. The highest BCUT2D eigenvalue weighted by Gasteiger charge is 2.33. The molecule has 0 spiro atoms. The molecule has 164 valence electrons. The Morgan fingerprint density at radius 2 is 1.77 bits per heavy atom. The number of nitrogens with two attached hydrogens (primary N) is 1. The van der Waals surface area contributed by atoms with Gasteiger partial charge in [-0.25, -0.2) is 4.39 Å². The molecule has 0 radical (unpaired) electrons. The van der Waals surface area contributed by atoms with Gasteiger partial charge in [0.15, 0.2) is 6.10 Å². The van der Waals surface area contributed by atoms with E-state index in [1.165, 1.54) is 18.6 Å². The first-order chi connectivity index (χ1) is 15.0. The zero-order chi connectivity index (χ0) is 21.8. The Labute approximate surface area is 181 Å². The minimum absolute atomic E-state index is 0.0175. The van der Waals surface area contributed by atoms with Crippen LogP contribution in [-0.4, -0.2) is 41.9 Å². The molecule has 1 saturated carbocycles. The fraction of sp³-hybridized carbons (Fsp3) is 0.417. The number of rotatable bonds is 6. The topological polar surface area (TPSA) is 75.9 Å². The summed E-state index contributed by atoms with van der Waals surface area (Å²) in [5.74, 6) is -0.312. The maximum absolute atomic E-state index is 13.5. The largest absolute Gasteiger partial charge is 0.477 e. The molecule has 2 amide bonds. The van der Waals surface area contributed by atoms with E-state index in [1.54, 1.807) is 18.2 Å². The van der Waals surface area contributed by atoms with Crippen molar-refractivity contribution >= 4 is 17.5 Å². The smallest absolute Gasteiger partial charge is 0.260 e. The van der Waals surface area contributed by atoms with Gasteiger partial charge in [0.2, 0.25) is 5.91 Å². The molecule has 0 aromatic heterocycles. The summed E-state index contributed by atoms with van der Waals surface area (Å²) in [5.41, 5.74) is 7.17. The summed E-state index contributed by atoms with van der Waals surface area (Å²) >= 11 is 0. The number of hydrogen-bond acceptors (Lipinski definition) is 4. The highest BCUT2D eigenvalue weighted by molar-refractivity contribution is 5.85. The fourth-order valence-electron chi connectivity index (χ4n) is 4.46. The van der Waals surface area contributed by atoms with Crippen LogP contribution in [0.5, 0.6) is 5.75 Å². The second kappa shape index (κ2) is 9.37. The molecule has 2 aliphatic rings. The summed E-state index contributed by atoms with van der Waals surface area (Å²) in [6, 6.07) is 13.8. The monoisotopic (exact) mass is 425 g/mol. The van der Waals surface area contributed by atoms with Crippen molar-refractivity contribution in [1.82, 2.24) is 4.90 Å². The Balaban J connectivity index is 1.56. The predicted molar refractivity (Wildman–Crippen MR) is 116 cm³/mol. The van der Waals surface area contributed by atoms with Crippen LogP contribution in [-0.2, 0) is 16.1 Å². The van der Waals surface area contributed by atoms with Crippen LogP contribution < -0.4 is 15.4 Å². The van der Waals surface area contributed by atoms with Crippen LogP contribution in [0.4, 0.5) is 10.1 Å². The van der Waals surface area contributed by atoms with Crippen LogP contribution in [0.25, 0.3) is 0 Å². The molecule has 4 rings (SSSR count). The minimum Gasteiger partial charge on any atom is -0.477 e. The van der Waals surface area contributed by atoms with Crippen LogP contribution in [0, 0.1) is 5.82 Å². The SMILES string of the molecule is NC(=O)[C@@H]1CN(CC(=O)N(Cc2ccc(F)cc2)C2CCCCC2)c2ccccc2O1. The zero-order valence-corrected chi connectivity index (χ0v) is 17.5. The number of para-hydroxylation sites is 2. The van der Waals surface area contributed by atoms with Gasteiger partial charge in [-0.05, 0) is 42.7 Å². The van der Waals surface area contributed by atoms with Crippen molar-refractivity contribution in [2.24, 2.45) is 5.73 Å². The summed E-state index contributed by atoms with van der Waals surface area (Å²) in [6.07, 6.45) is 4.52. The van der Waals surface area contributed by atoms with Gasteiger partial charge in [-0.2, -0.15) is 0 Å². The maximum Gasteiger partial charge on any atom is 0.260 e. The number of anilines is 1. The van der Waals surface area contributed by atoms with Crippen molar-refractivity contribution in [3.63, 3.8) is 0 Å². The Bertz CT molecular complexity index is 928. The summed E-state index contributed by atoms with van der Waals surface area (Å²) in [7, 11) is 0. The Kier molecular flexibility index (Phi) is 6.39. The van der Waals surface area contributed by atoms with E-state index in [2.05, 4.69) is 0 Å². The quantitative estimate of drug-likeness (QED) is 0.771. The second-order valence-corrected chi connectivity index (χ2v) is 8.30. The first-order valence-electron chi connectivity index (χ1n) is 10.8. The number of nitrogens with zero attached hydrogens (tertiary/aromatic N) is 2. The maximum atomic E-state index is 13.5. The van der Waals surface area contributed by atoms with Crippen LogP contribution in [0.2, 0.25) is 0 Å². The molecule has 1 atom stereocenters. The minimum atomic E-state index is -0.803. The number of hydrogen-bond donors (Lipinski definition) is 1. The number of primary amides is 1. The van der Waals surface area contributed by atoms with E-state index in [4.69, 9.17) is 10.5 Å². The van der Waals surface area contributed by atoms with E-state index in [0.29, 0.717) is 12.3 Å². The number of amides is 2. The summed E-state index contributed by atoms with van der Waals surface area (Å²) in [5, 5.41) is 0. The van der Waals surface area contributed by atoms with Crippen molar-refractivity contribution in [3.05, 3.63) is 59.9 Å².